The van der Waals surface area contributed by atoms with Crippen LogP contribution in [0, 0.1) is 0 Å². The Hall–Kier alpha value is -0.787. The van der Waals surface area contributed by atoms with Crippen molar-refractivity contribution in [2.24, 2.45) is 0 Å². The molecule has 25 heavy (non-hydrogen) atoms. The van der Waals surface area contributed by atoms with Crippen molar-refractivity contribution in [3.8, 4) is 0 Å². The van der Waals surface area contributed by atoms with Gasteiger partial charge in [-0.15, -0.1) is 0 Å². The summed E-state index contributed by atoms with van der Waals surface area (Å²) in [6, 6.07) is 1.83. The molecule has 0 spiro atoms. The Kier molecular flexibility index (Phi) is 17.6. The number of aromatic nitrogens is 2. The van der Waals surface area contributed by atoms with Gasteiger partial charge in [0.2, 0.25) is 0 Å². The van der Waals surface area contributed by atoms with Crippen LogP contribution in [0.25, 0.3) is 0 Å². The van der Waals surface area contributed by atoms with Crippen LogP contribution in [0.4, 0.5) is 0 Å². The predicted octanol–water partition coefficient (Wildman–Crippen LogP) is 1.03. The van der Waals surface area contributed by atoms with Gasteiger partial charge in [0.1, 0.15) is 0 Å². The topological polar surface area (TPSA) is 78.9 Å². The van der Waals surface area contributed by atoms with Gasteiger partial charge in [-0.2, -0.15) is 5.10 Å². The minimum absolute atomic E-state index is 0. The summed E-state index contributed by atoms with van der Waals surface area (Å²) in [5, 5.41) is 23.1. The van der Waals surface area contributed by atoms with E-state index in [0.29, 0.717) is 0 Å². The molecule has 3 N–H and O–H groups in total. The summed E-state index contributed by atoms with van der Waals surface area (Å²) in [5.74, 6) is 0.162. The van der Waals surface area contributed by atoms with E-state index in [-0.39, 0.29) is 25.2 Å². The van der Waals surface area contributed by atoms with Crippen molar-refractivity contribution in [3.05, 3.63) is 30.3 Å². The van der Waals surface area contributed by atoms with Gasteiger partial charge in [0, 0.05) is 51.7 Å². The second kappa shape index (κ2) is 16.7. The van der Waals surface area contributed by atoms with E-state index in [0.717, 1.165) is 0 Å². The molecule has 0 aliphatic carbocycles. The number of aliphatic hydroxyl groups excluding tert-OH is 2. The third kappa shape index (κ3) is 19.4. The molecule has 0 amide bonds. The van der Waals surface area contributed by atoms with Crippen LogP contribution in [0.1, 0.15) is 13.8 Å². The Morgan fingerprint density at radius 3 is 1.56 bits per heavy atom. The van der Waals surface area contributed by atoms with Gasteiger partial charge in [-0.1, -0.05) is 0 Å². The predicted molar refractivity (Wildman–Crippen MR) is 99.1 cm³/mol. The van der Waals surface area contributed by atoms with E-state index in [1.807, 2.05) is 6.07 Å². The zero-order valence-electron chi connectivity index (χ0n) is 16.2. The number of hydrogen-bond donors (Lipinski definition) is 3. The fourth-order valence-electron chi connectivity index (χ4n) is 1.92. The molecule has 2 heterocycles. The molecule has 7 nitrogen and oxygen atoms in total. The molecule has 1 aromatic heterocycles. The number of nitrogens with zero attached hydrogens (tertiary/aromatic N) is 4. The van der Waals surface area contributed by atoms with Crippen LogP contribution in [0.15, 0.2) is 30.3 Å². The largest absolute Gasteiger partial charge is 3.00 e. The van der Waals surface area contributed by atoms with Crippen molar-refractivity contribution < 1.29 is 29.7 Å². The van der Waals surface area contributed by atoms with E-state index < -0.39 is 6.10 Å². The van der Waals surface area contributed by atoms with Crippen LogP contribution in [0.5, 0.6) is 0 Å². The average molecular weight is 443 g/mol. The molecule has 1 saturated heterocycles. The maximum atomic E-state index is 8.49. The number of allylic oxidation sites excluding steroid dienone is 1. The normalized spacial score (nSPS) is 18.9. The maximum absolute atomic E-state index is 8.49. The van der Waals surface area contributed by atoms with E-state index in [4.69, 9.17) is 10.2 Å². The van der Waals surface area contributed by atoms with Gasteiger partial charge in [0.15, 0.2) is 0 Å². The molecule has 145 valence electrons. The second-order valence-corrected chi connectivity index (χ2v) is 6.22. The summed E-state index contributed by atoms with van der Waals surface area (Å²) in [6.45, 7) is 10.3. The zero-order chi connectivity index (χ0) is 18.4. The molecule has 1 aromatic rings. The van der Waals surface area contributed by atoms with Crippen LogP contribution in [0.2, 0.25) is 0 Å². The molecule has 1 atom stereocenters. The van der Waals surface area contributed by atoms with Gasteiger partial charge < -0.3 is 24.9 Å². The van der Waals surface area contributed by atoms with Crippen molar-refractivity contribution in [1.29, 1.82) is 0 Å². The molecule has 1 fully saturated rings. The molecule has 1 aliphatic rings. The Balaban J connectivity index is 0. The van der Waals surface area contributed by atoms with Gasteiger partial charge in [0.05, 0.1) is 11.9 Å². The molecule has 0 aromatic carbocycles. The van der Waals surface area contributed by atoms with Crippen LogP contribution < -0.4 is 0 Å². The average Bonchev–Trinajstić information content (AvgIpc) is 3.07. The quantitative estimate of drug-likeness (QED) is 0.446. The molecule has 0 bridgehead atoms. The Morgan fingerprint density at radius 2 is 1.44 bits per heavy atom. The van der Waals surface area contributed by atoms with Gasteiger partial charge in [-0.05, 0) is 47.1 Å². The third-order valence-corrected chi connectivity index (χ3v) is 3.48. The van der Waals surface area contributed by atoms with Crippen molar-refractivity contribution in [1.82, 2.24) is 24.9 Å². The number of likely N-dealkylation sites (N-methyl/N-ethyl adjacent to an activating group) is 3. The number of hydrogen-bond acceptors (Lipinski definition) is 6. The standard InChI is InChI=1S/C9H21N3.C5H10O2.C3H4N2.Ru/c1-10-4-6-11(2)8-9-12(3)7-5-10;1-4(6)3-5(2)7;1-2-4-5-3-1;/h4-9H2,1-3H3;3-4,6-7H,1-2H3;1-3H,(H,4,5);/q;;;+3. The molecule has 1 radical (unpaired) electrons. The van der Waals surface area contributed by atoms with Gasteiger partial charge in [-0.3, -0.25) is 5.10 Å². The first-order chi connectivity index (χ1) is 11.3. The molecular formula is C17H35N5O2Ru+3. The summed E-state index contributed by atoms with van der Waals surface area (Å²) in [6.07, 6.45) is 4.28. The molecule has 0 saturated carbocycles. The SMILES string of the molecule is CC(O)=CC(C)O.CN1CCN(C)CCN(C)CC1.[Ru+3].c1cn[nH]c1. The smallest absolute Gasteiger partial charge is 0.513 e. The van der Waals surface area contributed by atoms with E-state index in [1.165, 1.54) is 52.3 Å². The van der Waals surface area contributed by atoms with E-state index >= 15 is 0 Å². The monoisotopic (exact) mass is 443 g/mol. The fourth-order valence-corrected chi connectivity index (χ4v) is 1.92. The first kappa shape index (κ1) is 26.4. The van der Waals surface area contributed by atoms with E-state index in [9.17, 15) is 0 Å². The number of aliphatic hydroxyl groups is 2. The third-order valence-electron chi connectivity index (χ3n) is 3.48. The fraction of sp³-hybridized carbons (Fsp3) is 0.706. The van der Waals surface area contributed by atoms with Crippen molar-refractivity contribution in [2.75, 3.05) is 60.4 Å². The van der Waals surface area contributed by atoms with Crippen LogP contribution >= 0.6 is 0 Å². The minimum Gasteiger partial charge on any atom is -0.513 e. The van der Waals surface area contributed by atoms with Gasteiger partial charge in [0.25, 0.3) is 0 Å². The summed E-state index contributed by atoms with van der Waals surface area (Å²) >= 11 is 0. The molecular weight excluding hydrogens is 407 g/mol. The zero-order valence-corrected chi connectivity index (χ0v) is 17.9. The second-order valence-electron chi connectivity index (χ2n) is 6.22. The number of rotatable bonds is 1. The van der Waals surface area contributed by atoms with Crippen molar-refractivity contribution >= 4 is 0 Å². The first-order valence-electron chi connectivity index (χ1n) is 8.36. The van der Waals surface area contributed by atoms with Crippen LogP contribution in [-0.2, 0) is 19.5 Å². The van der Waals surface area contributed by atoms with Crippen molar-refractivity contribution in [2.45, 2.75) is 20.0 Å². The van der Waals surface area contributed by atoms with E-state index in [1.54, 1.807) is 19.3 Å². The maximum Gasteiger partial charge on any atom is 3.00 e. The van der Waals surface area contributed by atoms with Gasteiger partial charge in [-0.25, -0.2) is 0 Å². The Labute approximate surface area is 165 Å². The van der Waals surface area contributed by atoms with Crippen molar-refractivity contribution in [3.63, 3.8) is 0 Å². The molecule has 2 rings (SSSR count). The minimum atomic E-state index is -0.537. The number of aromatic amines is 1. The molecule has 1 aliphatic heterocycles. The number of H-pyrrole nitrogens is 1. The van der Waals surface area contributed by atoms with Gasteiger partial charge >= 0.3 is 19.5 Å². The Morgan fingerprint density at radius 1 is 1.04 bits per heavy atom. The molecule has 1 unspecified atom stereocenters. The Bertz CT molecular complexity index is 358. The number of nitrogens with one attached hydrogen (secondary N) is 1. The van der Waals surface area contributed by atoms with Crippen LogP contribution in [-0.4, -0.2) is 102 Å². The first-order valence-corrected chi connectivity index (χ1v) is 8.36. The van der Waals surface area contributed by atoms with Crippen LogP contribution in [0.3, 0.4) is 0 Å². The van der Waals surface area contributed by atoms with E-state index in [2.05, 4.69) is 46.0 Å². The summed E-state index contributed by atoms with van der Waals surface area (Å²) in [7, 11) is 6.60. The summed E-state index contributed by atoms with van der Waals surface area (Å²) in [5.41, 5.74) is 0. The summed E-state index contributed by atoms with van der Waals surface area (Å²) < 4.78 is 0. The molecule has 8 heteroatoms. The summed E-state index contributed by atoms with van der Waals surface area (Å²) in [4.78, 5) is 7.20.